The Bertz CT molecular complexity index is 897. The van der Waals surface area contributed by atoms with Gasteiger partial charge in [0.15, 0.2) is 5.13 Å². The zero-order chi connectivity index (χ0) is 21.4. The van der Waals surface area contributed by atoms with Gasteiger partial charge in [-0.05, 0) is 31.9 Å². The number of ether oxygens (including phenoxy) is 1. The zero-order valence-corrected chi connectivity index (χ0v) is 18.1. The number of carbonyl (C=O) groups excluding carboxylic acids is 1. The molecule has 0 saturated carbocycles. The lowest BCUT2D eigenvalue weighted by Crippen LogP contribution is -2.05. The Morgan fingerprint density at radius 3 is 2.79 bits per heavy atom. The Hall–Kier alpha value is -2.25. The number of alkyl halides is 2. The number of carbonyl (C=O) groups is 1. The Morgan fingerprint density at radius 2 is 2.17 bits per heavy atom. The number of halogens is 2. The van der Waals surface area contributed by atoms with Crippen LogP contribution in [0.2, 0.25) is 0 Å². The van der Waals surface area contributed by atoms with Gasteiger partial charge in [-0.1, -0.05) is 36.4 Å². The van der Waals surface area contributed by atoms with Gasteiger partial charge in [0.1, 0.15) is 21.7 Å². The van der Waals surface area contributed by atoms with Gasteiger partial charge in [-0.15, -0.1) is 0 Å². The minimum Gasteiger partial charge on any atom is -0.462 e. The molecular weight excluding hydrogens is 418 g/mol. The van der Waals surface area contributed by atoms with Crippen molar-refractivity contribution in [2.24, 2.45) is 0 Å². The van der Waals surface area contributed by atoms with E-state index in [9.17, 15) is 18.8 Å². The number of hydrogen-bond acceptors (Lipinski definition) is 8. The molecule has 0 aliphatic heterocycles. The number of aromatic nitrogens is 2. The molecule has 0 spiro atoms. The number of thioether (sulfide) groups is 1. The van der Waals surface area contributed by atoms with Crippen LogP contribution in [0.25, 0.3) is 0 Å². The van der Waals surface area contributed by atoms with E-state index in [1.807, 2.05) is 6.07 Å². The zero-order valence-electron chi connectivity index (χ0n) is 16.4. The second-order valence-electron chi connectivity index (χ2n) is 6.04. The highest BCUT2D eigenvalue weighted by Crippen LogP contribution is 2.33. The summed E-state index contributed by atoms with van der Waals surface area (Å²) in [5.41, 5.74) is 0.776. The van der Waals surface area contributed by atoms with E-state index in [0.29, 0.717) is 21.3 Å². The van der Waals surface area contributed by atoms with Crippen LogP contribution in [0.4, 0.5) is 13.9 Å². The molecule has 0 atom stereocenters. The average Bonchev–Trinajstić information content (AvgIpc) is 3.09. The molecule has 29 heavy (non-hydrogen) atoms. The van der Waals surface area contributed by atoms with Gasteiger partial charge >= 0.3 is 5.97 Å². The molecule has 156 valence electrons. The third-order valence-electron chi connectivity index (χ3n) is 3.85. The molecule has 1 N–H and O–H groups in total. The van der Waals surface area contributed by atoms with Gasteiger partial charge in [-0.2, -0.15) is 5.26 Å². The van der Waals surface area contributed by atoms with Crippen LogP contribution in [0.3, 0.4) is 0 Å². The van der Waals surface area contributed by atoms with Crippen molar-refractivity contribution in [1.82, 2.24) is 9.97 Å². The van der Waals surface area contributed by atoms with Crippen molar-refractivity contribution in [3.05, 3.63) is 33.5 Å². The van der Waals surface area contributed by atoms with Crippen LogP contribution in [-0.4, -0.2) is 29.1 Å². The summed E-state index contributed by atoms with van der Waals surface area (Å²) >= 11 is 2.30. The fraction of sp³-hybridized carbons (Fsp3) is 0.474. The van der Waals surface area contributed by atoms with Gasteiger partial charge in [0.2, 0.25) is 0 Å². The van der Waals surface area contributed by atoms with Crippen molar-refractivity contribution in [1.29, 1.82) is 5.26 Å². The number of hydrogen-bond donors (Lipinski definition) is 1. The van der Waals surface area contributed by atoms with Gasteiger partial charge in [0.25, 0.3) is 6.43 Å². The number of anilines is 1. The molecule has 0 aliphatic rings. The van der Waals surface area contributed by atoms with Crippen LogP contribution < -0.4 is 5.32 Å². The van der Waals surface area contributed by atoms with E-state index in [-0.39, 0.29) is 28.6 Å². The molecule has 0 amide bonds. The number of rotatable bonds is 10. The van der Waals surface area contributed by atoms with E-state index >= 15 is 0 Å². The minimum atomic E-state index is -2.73. The third-order valence-corrected chi connectivity index (χ3v) is 5.87. The van der Waals surface area contributed by atoms with Crippen LogP contribution in [0.5, 0.6) is 0 Å². The summed E-state index contributed by atoms with van der Waals surface area (Å²) in [6, 6.07) is 3.23. The van der Waals surface area contributed by atoms with E-state index in [2.05, 4.69) is 22.2 Å². The number of thiazole rings is 1. The summed E-state index contributed by atoms with van der Waals surface area (Å²) in [5.74, 6) is -0.274. The van der Waals surface area contributed by atoms with E-state index in [4.69, 9.17) is 4.74 Å². The SMILES string of the molecule is CCCCNc1nc(CSc2nc(C(F)F)cc(C)c2C#N)c(C(=O)OCC)s1. The fourth-order valence-electron chi connectivity index (χ4n) is 2.41. The van der Waals surface area contributed by atoms with E-state index in [1.165, 1.54) is 17.4 Å². The number of unbranched alkanes of at least 4 members (excludes halogenated alkanes) is 1. The molecule has 2 aromatic heterocycles. The van der Waals surface area contributed by atoms with Crippen LogP contribution in [0.1, 0.15) is 65.3 Å². The first-order chi connectivity index (χ1) is 13.9. The molecule has 2 heterocycles. The maximum Gasteiger partial charge on any atom is 0.350 e. The van der Waals surface area contributed by atoms with Crippen molar-refractivity contribution in [3.8, 4) is 6.07 Å². The number of nitrogens with zero attached hydrogens (tertiary/aromatic N) is 3. The Balaban J connectivity index is 2.29. The quantitative estimate of drug-likeness (QED) is 0.303. The fourth-order valence-corrected chi connectivity index (χ4v) is 4.41. The van der Waals surface area contributed by atoms with Crippen LogP contribution >= 0.6 is 23.1 Å². The molecule has 2 rings (SSSR count). The highest BCUT2D eigenvalue weighted by molar-refractivity contribution is 7.98. The molecular formula is C19H22F2N4O2S2. The van der Waals surface area contributed by atoms with E-state index < -0.39 is 12.4 Å². The Labute approximate surface area is 176 Å². The average molecular weight is 441 g/mol. The van der Waals surface area contributed by atoms with Crippen LogP contribution in [-0.2, 0) is 10.5 Å². The third kappa shape index (κ3) is 6.11. The van der Waals surface area contributed by atoms with Gasteiger partial charge in [-0.25, -0.2) is 23.5 Å². The van der Waals surface area contributed by atoms with E-state index in [0.717, 1.165) is 31.1 Å². The maximum absolute atomic E-state index is 13.1. The lowest BCUT2D eigenvalue weighted by molar-refractivity contribution is 0.0531. The molecule has 10 heteroatoms. The lowest BCUT2D eigenvalue weighted by atomic mass is 10.1. The normalized spacial score (nSPS) is 10.8. The Kier molecular flexibility index (Phi) is 8.79. The molecule has 2 aromatic rings. The first-order valence-electron chi connectivity index (χ1n) is 9.14. The number of esters is 1. The summed E-state index contributed by atoms with van der Waals surface area (Å²) in [7, 11) is 0. The number of aryl methyl sites for hydroxylation is 1. The van der Waals surface area contributed by atoms with Crippen molar-refractivity contribution < 1.29 is 18.3 Å². The molecule has 0 saturated heterocycles. The lowest BCUT2D eigenvalue weighted by Gasteiger charge is -2.09. The van der Waals surface area contributed by atoms with Gasteiger partial charge in [-0.3, -0.25) is 0 Å². The number of nitriles is 1. The van der Waals surface area contributed by atoms with E-state index in [1.54, 1.807) is 13.8 Å². The van der Waals surface area contributed by atoms with Crippen LogP contribution in [0.15, 0.2) is 11.1 Å². The molecule has 0 unspecified atom stereocenters. The first kappa shape index (κ1) is 23.0. The summed E-state index contributed by atoms with van der Waals surface area (Å²) in [6.07, 6.45) is -0.744. The molecule has 0 aromatic carbocycles. The standard InChI is InChI=1S/C19H22F2N4O2S2/c1-4-6-7-23-19-25-14(15(29-19)18(26)27-5-2)10-28-17-12(9-22)11(3)8-13(24-17)16(20)21/h8,16H,4-7,10H2,1-3H3,(H,23,25). The molecule has 6 nitrogen and oxygen atoms in total. The highest BCUT2D eigenvalue weighted by Gasteiger charge is 2.21. The minimum absolute atomic E-state index is 0.200. The Morgan fingerprint density at radius 1 is 1.41 bits per heavy atom. The monoisotopic (exact) mass is 440 g/mol. The number of nitrogens with one attached hydrogen (secondary N) is 1. The second-order valence-corrected chi connectivity index (χ2v) is 8.00. The predicted octanol–water partition coefficient (Wildman–Crippen LogP) is 5.34. The topological polar surface area (TPSA) is 87.9 Å². The van der Waals surface area contributed by atoms with Crippen molar-refractivity contribution >= 4 is 34.2 Å². The molecule has 0 radical (unpaired) electrons. The molecule has 0 fully saturated rings. The largest absolute Gasteiger partial charge is 0.462 e. The summed E-state index contributed by atoms with van der Waals surface area (Å²) in [6.45, 7) is 6.35. The summed E-state index contributed by atoms with van der Waals surface area (Å²) in [4.78, 5) is 21.0. The molecule has 0 aliphatic carbocycles. The van der Waals surface area contributed by atoms with Crippen molar-refractivity contribution in [2.75, 3.05) is 18.5 Å². The van der Waals surface area contributed by atoms with Gasteiger partial charge < -0.3 is 10.1 Å². The highest BCUT2D eigenvalue weighted by atomic mass is 32.2. The smallest absolute Gasteiger partial charge is 0.350 e. The molecule has 0 bridgehead atoms. The van der Waals surface area contributed by atoms with Crippen molar-refractivity contribution in [3.63, 3.8) is 0 Å². The summed E-state index contributed by atoms with van der Waals surface area (Å²) in [5, 5.41) is 13.4. The summed E-state index contributed by atoms with van der Waals surface area (Å²) < 4.78 is 31.3. The maximum atomic E-state index is 13.1. The van der Waals surface area contributed by atoms with Crippen molar-refractivity contribution in [2.45, 2.75) is 50.8 Å². The number of pyridine rings is 1. The van der Waals surface area contributed by atoms with Gasteiger partial charge in [0.05, 0.1) is 17.9 Å². The second kappa shape index (κ2) is 11.1. The van der Waals surface area contributed by atoms with Crippen LogP contribution in [0, 0.1) is 18.3 Å². The predicted molar refractivity (Wildman–Crippen MR) is 110 cm³/mol. The van der Waals surface area contributed by atoms with Gasteiger partial charge in [0, 0.05) is 12.3 Å². The first-order valence-corrected chi connectivity index (χ1v) is 10.9.